The zero-order valence-electron chi connectivity index (χ0n) is 10.4. The number of rotatable bonds is 4. The second-order valence-electron chi connectivity index (χ2n) is 3.95. The van der Waals surface area contributed by atoms with Crippen LogP contribution in [0, 0.1) is 6.92 Å². The minimum absolute atomic E-state index is 0.0509. The number of hydrogen-bond donors (Lipinski definition) is 2. The molecule has 3 rings (SSSR count). The number of aromatic amines is 1. The second kappa shape index (κ2) is 5.17. The first-order valence-electron chi connectivity index (χ1n) is 5.70. The number of thiophene rings is 1. The Hall–Kier alpha value is -2.62. The lowest BCUT2D eigenvalue weighted by Gasteiger charge is -1.98. The van der Waals surface area contributed by atoms with Crippen LogP contribution in [0.5, 0.6) is 0 Å². The Morgan fingerprint density at radius 2 is 2.45 bits per heavy atom. The van der Waals surface area contributed by atoms with Crippen molar-refractivity contribution in [2.75, 3.05) is 5.32 Å². The Morgan fingerprint density at radius 1 is 1.55 bits per heavy atom. The number of nitrogens with zero attached hydrogens (tertiary/aromatic N) is 6. The van der Waals surface area contributed by atoms with Crippen molar-refractivity contribution in [1.29, 1.82) is 0 Å². The van der Waals surface area contributed by atoms with Gasteiger partial charge in [-0.15, -0.1) is 15.3 Å². The average Bonchev–Trinajstić information content (AvgIpc) is 3.10. The monoisotopic (exact) mass is 290 g/mol. The van der Waals surface area contributed by atoms with E-state index in [2.05, 4.69) is 35.9 Å². The molecule has 10 heteroatoms. The van der Waals surface area contributed by atoms with E-state index in [1.165, 1.54) is 4.80 Å². The fourth-order valence-electron chi connectivity index (χ4n) is 1.51. The summed E-state index contributed by atoms with van der Waals surface area (Å²) in [6.45, 7) is 1.69. The third kappa shape index (κ3) is 2.69. The lowest BCUT2D eigenvalue weighted by molar-refractivity contribution is -0.117. The van der Waals surface area contributed by atoms with Crippen LogP contribution in [0.2, 0.25) is 0 Å². The normalized spacial score (nSPS) is 10.7. The molecule has 0 saturated heterocycles. The summed E-state index contributed by atoms with van der Waals surface area (Å²) >= 11 is 1.55. The first kappa shape index (κ1) is 12.4. The van der Waals surface area contributed by atoms with E-state index in [0.717, 1.165) is 5.56 Å². The van der Waals surface area contributed by atoms with Gasteiger partial charge in [-0.3, -0.25) is 15.2 Å². The molecule has 2 N–H and O–H groups in total. The maximum absolute atomic E-state index is 11.8. The van der Waals surface area contributed by atoms with Crippen molar-refractivity contribution in [3.63, 3.8) is 0 Å². The van der Waals surface area contributed by atoms with Crippen LogP contribution >= 0.6 is 11.3 Å². The molecule has 3 aromatic heterocycles. The fourth-order valence-corrected chi connectivity index (χ4v) is 2.14. The van der Waals surface area contributed by atoms with E-state index in [-0.39, 0.29) is 18.4 Å². The van der Waals surface area contributed by atoms with Crippen molar-refractivity contribution in [2.24, 2.45) is 0 Å². The quantitative estimate of drug-likeness (QED) is 0.721. The van der Waals surface area contributed by atoms with Crippen molar-refractivity contribution in [1.82, 2.24) is 35.4 Å². The maximum atomic E-state index is 11.8. The van der Waals surface area contributed by atoms with Crippen LogP contribution in [0.3, 0.4) is 0 Å². The largest absolute Gasteiger partial charge is 0.292 e. The van der Waals surface area contributed by atoms with E-state index >= 15 is 0 Å². The van der Waals surface area contributed by atoms with Crippen molar-refractivity contribution >= 4 is 23.2 Å². The number of nitrogens with one attached hydrogen (secondary N) is 2. The van der Waals surface area contributed by atoms with Gasteiger partial charge in [0.05, 0.1) is 0 Å². The minimum Gasteiger partial charge on any atom is -0.292 e. The lowest BCUT2D eigenvalue weighted by atomic mass is 10.3. The van der Waals surface area contributed by atoms with E-state index in [1.807, 2.05) is 16.8 Å². The molecule has 0 spiro atoms. The number of aromatic nitrogens is 7. The molecule has 3 aromatic rings. The van der Waals surface area contributed by atoms with E-state index < -0.39 is 0 Å². The van der Waals surface area contributed by atoms with Gasteiger partial charge < -0.3 is 0 Å². The van der Waals surface area contributed by atoms with Gasteiger partial charge in [-0.25, -0.2) is 0 Å². The third-order valence-electron chi connectivity index (χ3n) is 2.37. The number of H-pyrrole nitrogens is 1. The molecule has 102 valence electrons. The number of carbonyl (C=O) groups excluding carboxylic acids is 1. The van der Waals surface area contributed by atoms with Gasteiger partial charge in [0.2, 0.25) is 17.7 Å². The summed E-state index contributed by atoms with van der Waals surface area (Å²) in [6, 6.07) is 1.89. The lowest BCUT2D eigenvalue weighted by Crippen LogP contribution is -2.21. The summed E-state index contributed by atoms with van der Waals surface area (Å²) in [5.74, 6) is 1.02. The van der Waals surface area contributed by atoms with Crippen LogP contribution in [0.25, 0.3) is 11.4 Å². The summed E-state index contributed by atoms with van der Waals surface area (Å²) in [5.41, 5.74) is 0.881. The first-order chi connectivity index (χ1) is 9.70. The molecule has 0 aliphatic carbocycles. The van der Waals surface area contributed by atoms with Crippen molar-refractivity contribution in [3.8, 4) is 11.4 Å². The Kier molecular flexibility index (Phi) is 3.21. The molecule has 0 fully saturated rings. The molecule has 0 aromatic carbocycles. The molecule has 0 bridgehead atoms. The van der Waals surface area contributed by atoms with Gasteiger partial charge in [0.25, 0.3) is 0 Å². The SMILES string of the molecule is Cc1nc(NC(=O)Cn2nnc(-c3ccsc3)n2)n[nH]1. The molecule has 0 aliphatic rings. The average molecular weight is 290 g/mol. The molecule has 0 radical (unpaired) electrons. The summed E-state index contributed by atoms with van der Waals surface area (Å²) < 4.78 is 0. The van der Waals surface area contributed by atoms with Crippen LogP contribution in [0.1, 0.15) is 5.82 Å². The third-order valence-corrected chi connectivity index (χ3v) is 3.05. The van der Waals surface area contributed by atoms with Gasteiger partial charge >= 0.3 is 0 Å². The first-order valence-corrected chi connectivity index (χ1v) is 6.64. The molecule has 20 heavy (non-hydrogen) atoms. The highest BCUT2D eigenvalue weighted by Gasteiger charge is 2.11. The smallest absolute Gasteiger partial charge is 0.250 e. The topological polar surface area (TPSA) is 114 Å². The van der Waals surface area contributed by atoms with Gasteiger partial charge in [0, 0.05) is 10.9 Å². The molecular formula is C10H10N8OS. The van der Waals surface area contributed by atoms with E-state index in [0.29, 0.717) is 11.6 Å². The Labute approximate surface area is 117 Å². The summed E-state index contributed by atoms with van der Waals surface area (Å²) in [5, 5.41) is 24.7. The highest BCUT2D eigenvalue weighted by atomic mass is 32.1. The van der Waals surface area contributed by atoms with E-state index in [4.69, 9.17) is 0 Å². The van der Waals surface area contributed by atoms with Gasteiger partial charge in [0.15, 0.2) is 0 Å². The summed E-state index contributed by atoms with van der Waals surface area (Å²) in [7, 11) is 0. The number of carbonyl (C=O) groups is 1. The van der Waals surface area contributed by atoms with Crippen molar-refractivity contribution < 1.29 is 4.79 Å². The van der Waals surface area contributed by atoms with Gasteiger partial charge in [-0.2, -0.15) is 21.1 Å². The second-order valence-corrected chi connectivity index (χ2v) is 4.73. The highest BCUT2D eigenvalue weighted by Crippen LogP contribution is 2.16. The maximum Gasteiger partial charge on any atom is 0.250 e. The van der Waals surface area contributed by atoms with Crippen molar-refractivity contribution in [3.05, 3.63) is 22.7 Å². The zero-order valence-corrected chi connectivity index (χ0v) is 11.3. The molecular weight excluding hydrogens is 280 g/mol. The standard InChI is InChI=1S/C10H10N8OS/c1-6-11-10(15-13-6)12-8(19)4-18-16-9(14-17-18)7-2-3-20-5-7/h2-3,5H,4H2,1H3,(H2,11,12,13,15,19). The number of hydrogen-bond acceptors (Lipinski definition) is 7. The predicted molar refractivity (Wildman–Crippen MR) is 70.9 cm³/mol. The van der Waals surface area contributed by atoms with Gasteiger partial charge in [0.1, 0.15) is 12.4 Å². The number of anilines is 1. The van der Waals surface area contributed by atoms with Gasteiger partial charge in [-0.05, 0) is 23.6 Å². The van der Waals surface area contributed by atoms with Crippen LogP contribution in [-0.2, 0) is 11.3 Å². The van der Waals surface area contributed by atoms with Crippen LogP contribution in [0.15, 0.2) is 16.8 Å². The summed E-state index contributed by atoms with van der Waals surface area (Å²) in [6.07, 6.45) is 0. The van der Waals surface area contributed by atoms with Crippen LogP contribution in [-0.4, -0.2) is 41.3 Å². The molecule has 0 saturated carbocycles. The zero-order chi connectivity index (χ0) is 13.9. The molecule has 9 nitrogen and oxygen atoms in total. The molecule has 0 atom stereocenters. The fraction of sp³-hybridized carbons (Fsp3) is 0.200. The highest BCUT2D eigenvalue weighted by molar-refractivity contribution is 7.08. The Morgan fingerprint density at radius 3 is 3.15 bits per heavy atom. The number of tetrazole rings is 1. The van der Waals surface area contributed by atoms with E-state index in [9.17, 15) is 4.79 Å². The van der Waals surface area contributed by atoms with Crippen LogP contribution < -0.4 is 5.32 Å². The Bertz CT molecular complexity index is 715. The number of amides is 1. The molecule has 3 heterocycles. The summed E-state index contributed by atoms with van der Waals surface area (Å²) in [4.78, 5) is 17.0. The van der Waals surface area contributed by atoms with Gasteiger partial charge in [-0.1, -0.05) is 0 Å². The molecule has 1 amide bonds. The Balaban J connectivity index is 1.64. The van der Waals surface area contributed by atoms with Crippen LogP contribution in [0.4, 0.5) is 5.95 Å². The minimum atomic E-state index is -0.321. The molecule has 0 aliphatic heterocycles. The number of aryl methyl sites for hydroxylation is 1. The van der Waals surface area contributed by atoms with Crippen molar-refractivity contribution in [2.45, 2.75) is 13.5 Å². The molecule has 0 unspecified atom stereocenters. The predicted octanol–water partition coefficient (Wildman–Crippen LogP) is 0.467. The van der Waals surface area contributed by atoms with E-state index in [1.54, 1.807) is 18.3 Å².